The fraction of sp³-hybridized carbons (Fsp3) is 0.222. The summed E-state index contributed by atoms with van der Waals surface area (Å²) in [5.41, 5.74) is 2.95. The van der Waals surface area contributed by atoms with Gasteiger partial charge >= 0.3 is 5.97 Å². The van der Waals surface area contributed by atoms with E-state index in [4.69, 9.17) is 9.47 Å². The van der Waals surface area contributed by atoms with Gasteiger partial charge < -0.3 is 9.47 Å². The highest BCUT2D eigenvalue weighted by atomic mass is 16.5. The van der Waals surface area contributed by atoms with Crippen LogP contribution in [0.5, 0.6) is 0 Å². The molecule has 0 N–H and O–H groups in total. The number of rotatable bonds is 10. The van der Waals surface area contributed by atoms with Crippen LogP contribution >= 0.6 is 0 Å². The molecule has 0 aliphatic carbocycles. The van der Waals surface area contributed by atoms with E-state index >= 15 is 0 Å². The Hall–Kier alpha value is -3.17. The minimum Gasteiger partial charge on any atom is -0.462 e. The molecule has 0 aromatic heterocycles. The van der Waals surface area contributed by atoms with Crippen LogP contribution in [0, 0.1) is 0 Å². The van der Waals surface area contributed by atoms with Gasteiger partial charge in [-0.25, -0.2) is 4.79 Å². The molecule has 3 nitrogen and oxygen atoms in total. The van der Waals surface area contributed by atoms with Crippen molar-refractivity contribution in [2.75, 3.05) is 13.2 Å². The summed E-state index contributed by atoms with van der Waals surface area (Å²) >= 11 is 0. The largest absolute Gasteiger partial charge is 0.462 e. The van der Waals surface area contributed by atoms with Crippen molar-refractivity contribution < 1.29 is 14.3 Å². The predicted molar refractivity (Wildman–Crippen MR) is 120 cm³/mol. The molecular formula is C27H28O3. The molecule has 0 fully saturated rings. The minimum atomic E-state index is -0.710. The lowest BCUT2D eigenvalue weighted by molar-refractivity contribution is -0.139. The quantitative estimate of drug-likeness (QED) is 0.184. The summed E-state index contributed by atoms with van der Waals surface area (Å²) in [6.07, 6.45) is 1.51. The van der Waals surface area contributed by atoms with Gasteiger partial charge in [-0.3, -0.25) is 0 Å². The maximum atomic E-state index is 11.5. The molecular weight excluding hydrogens is 372 g/mol. The van der Waals surface area contributed by atoms with Crippen LogP contribution in [0.3, 0.4) is 0 Å². The lowest BCUT2D eigenvalue weighted by Crippen LogP contribution is -2.33. The average molecular weight is 401 g/mol. The first-order chi connectivity index (χ1) is 14.6. The van der Waals surface area contributed by atoms with E-state index in [1.807, 2.05) is 54.6 Å². The molecule has 3 aromatic carbocycles. The van der Waals surface area contributed by atoms with Crippen LogP contribution < -0.4 is 0 Å². The fourth-order valence-corrected chi connectivity index (χ4v) is 3.49. The summed E-state index contributed by atoms with van der Waals surface area (Å²) in [6, 6.07) is 30.9. The summed E-state index contributed by atoms with van der Waals surface area (Å²) in [5, 5.41) is 0. The van der Waals surface area contributed by atoms with Crippen LogP contribution in [0.25, 0.3) is 0 Å². The van der Waals surface area contributed by atoms with Crippen LogP contribution in [-0.4, -0.2) is 19.2 Å². The van der Waals surface area contributed by atoms with Crippen molar-refractivity contribution in [3.63, 3.8) is 0 Å². The van der Waals surface area contributed by atoms with Gasteiger partial charge in [-0.15, -0.1) is 0 Å². The first kappa shape index (κ1) is 21.5. The summed E-state index contributed by atoms with van der Waals surface area (Å²) in [6.45, 7) is 6.15. The molecule has 0 amide bonds. The summed E-state index contributed by atoms with van der Waals surface area (Å²) < 4.78 is 11.9. The topological polar surface area (TPSA) is 35.5 Å². The van der Waals surface area contributed by atoms with E-state index < -0.39 is 5.60 Å². The molecule has 3 rings (SSSR count). The highest BCUT2D eigenvalue weighted by molar-refractivity contribution is 5.86. The Bertz CT molecular complexity index is 837. The Morgan fingerprint density at radius 3 is 1.53 bits per heavy atom. The lowest BCUT2D eigenvalue weighted by atomic mass is 9.80. The third-order valence-corrected chi connectivity index (χ3v) is 4.98. The summed E-state index contributed by atoms with van der Waals surface area (Å²) in [5.74, 6) is -0.344. The Balaban J connectivity index is 1.85. The van der Waals surface area contributed by atoms with Crippen LogP contribution in [0.1, 0.15) is 36.5 Å². The minimum absolute atomic E-state index is 0.344. The molecule has 0 bridgehead atoms. The van der Waals surface area contributed by atoms with Crippen LogP contribution in [0.15, 0.2) is 103 Å². The van der Waals surface area contributed by atoms with Gasteiger partial charge in [0.1, 0.15) is 5.60 Å². The van der Waals surface area contributed by atoms with Crippen LogP contribution in [0.4, 0.5) is 0 Å². The molecule has 0 radical (unpaired) electrons. The van der Waals surface area contributed by atoms with Gasteiger partial charge in [-0.1, -0.05) is 97.6 Å². The summed E-state index contributed by atoms with van der Waals surface area (Å²) in [4.78, 5) is 11.5. The molecule has 0 saturated carbocycles. The van der Waals surface area contributed by atoms with Crippen molar-refractivity contribution in [1.29, 1.82) is 0 Å². The number of unbranched alkanes of at least 4 members (excludes halogenated alkanes) is 1. The van der Waals surface area contributed by atoms with E-state index in [0.717, 1.165) is 29.5 Å². The van der Waals surface area contributed by atoms with Crippen molar-refractivity contribution in [2.45, 2.75) is 25.4 Å². The number of benzene rings is 3. The number of carbonyl (C=O) groups excluding carboxylic acids is 1. The molecule has 0 spiro atoms. The molecule has 0 heterocycles. The van der Waals surface area contributed by atoms with Gasteiger partial charge in [0.2, 0.25) is 0 Å². The van der Waals surface area contributed by atoms with Crippen molar-refractivity contribution >= 4 is 5.97 Å². The van der Waals surface area contributed by atoms with Gasteiger partial charge in [-0.05, 0) is 36.5 Å². The molecule has 3 heteroatoms. The maximum absolute atomic E-state index is 11.5. The van der Waals surface area contributed by atoms with Crippen LogP contribution in [-0.2, 0) is 19.9 Å². The zero-order chi connectivity index (χ0) is 21.2. The van der Waals surface area contributed by atoms with E-state index in [0.29, 0.717) is 18.8 Å². The highest BCUT2D eigenvalue weighted by Gasteiger charge is 2.37. The second-order valence-electron chi connectivity index (χ2n) is 7.25. The maximum Gasteiger partial charge on any atom is 0.333 e. The number of esters is 1. The Labute approximate surface area is 179 Å². The highest BCUT2D eigenvalue weighted by Crippen LogP contribution is 2.40. The first-order valence-electron chi connectivity index (χ1n) is 10.3. The zero-order valence-electron chi connectivity index (χ0n) is 17.4. The molecule has 0 unspecified atom stereocenters. The number of carbonyl (C=O) groups is 1. The second kappa shape index (κ2) is 10.6. The number of hydrogen-bond donors (Lipinski definition) is 0. The van der Waals surface area contributed by atoms with Crippen molar-refractivity contribution in [1.82, 2.24) is 0 Å². The standard InChI is InChI=1S/C27H28O3/c1-22(2)26(28)29-20-12-13-21-30-27(23-14-6-3-7-15-23,24-16-8-4-9-17-24)25-18-10-5-11-19-25/h3-11,14-19H,1,12-13,20-21H2,2H3. The molecule has 0 atom stereocenters. The SMILES string of the molecule is C=C(C)C(=O)OCCCCOC(c1ccccc1)(c1ccccc1)c1ccccc1. The van der Waals surface area contributed by atoms with Gasteiger partial charge in [0.15, 0.2) is 0 Å². The van der Waals surface area contributed by atoms with Crippen molar-refractivity contribution in [3.8, 4) is 0 Å². The second-order valence-corrected chi connectivity index (χ2v) is 7.25. The van der Waals surface area contributed by atoms with Gasteiger partial charge in [0.05, 0.1) is 6.61 Å². The molecule has 0 aliphatic rings. The van der Waals surface area contributed by atoms with E-state index in [1.54, 1.807) is 6.92 Å². The average Bonchev–Trinajstić information content (AvgIpc) is 2.80. The van der Waals surface area contributed by atoms with Gasteiger partial charge in [0.25, 0.3) is 0 Å². The zero-order valence-corrected chi connectivity index (χ0v) is 17.4. The number of ether oxygens (including phenoxy) is 2. The van der Waals surface area contributed by atoms with Gasteiger partial charge in [0, 0.05) is 12.2 Å². The van der Waals surface area contributed by atoms with E-state index in [2.05, 4.69) is 43.0 Å². The van der Waals surface area contributed by atoms with E-state index in [9.17, 15) is 4.79 Å². The third kappa shape index (κ3) is 5.05. The van der Waals surface area contributed by atoms with E-state index in [-0.39, 0.29) is 5.97 Å². The molecule has 154 valence electrons. The molecule has 0 saturated heterocycles. The molecule has 30 heavy (non-hydrogen) atoms. The Kier molecular flexibility index (Phi) is 7.58. The molecule has 0 aliphatic heterocycles. The summed E-state index contributed by atoms with van der Waals surface area (Å²) in [7, 11) is 0. The van der Waals surface area contributed by atoms with Gasteiger partial charge in [-0.2, -0.15) is 0 Å². The van der Waals surface area contributed by atoms with Crippen molar-refractivity contribution in [3.05, 3.63) is 120 Å². The molecule has 3 aromatic rings. The fourth-order valence-electron chi connectivity index (χ4n) is 3.49. The predicted octanol–water partition coefficient (Wildman–Crippen LogP) is 5.89. The van der Waals surface area contributed by atoms with Crippen LogP contribution in [0.2, 0.25) is 0 Å². The van der Waals surface area contributed by atoms with E-state index in [1.165, 1.54) is 0 Å². The normalized spacial score (nSPS) is 11.1. The van der Waals surface area contributed by atoms with Crippen molar-refractivity contribution in [2.24, 2.45) is 0 Å². The number of hydrogen-bond acceptors (Lipinski definition) is 3. The third-order valence-electron chi connectivity index (χ3n) is 4.98. The Morgan fingerprint density at radius 1 is 0.733 bits per heavy atom. The lowest BCUT2D eigenvalue weighted by Gasteiger charge is -2.36. The Morgan fingerprint density at radius 2 is 1.13 bits per heavy atom. The monoisotopic (exact) mass is 400 g/mol. The first-order valence-corrected chi connectivity index (χ1v) is 10.3. The smallest absolute Gasteiger partial charge is 0.333 e.